The predicted octanol–water partition coefficient (Wildman–Crippen LogP) is 4.55. The molecule has 3 nitrogen and oxygen atoms in total. The number of pyridine rings is 1. The molecule has 3 aromatic rings. The molecule has 0 aliphatic heterocycles. The van der Waals surface area contributed by atoms with E-state index in [-0.39, 0.29) is 5.82 Å². The number of benzene rings is 1. The van der Waals surface area contributed by atoms with E-state index in [9.17, 15) is 5.26 Å². The zero-order valence-electron chi connectivity index (χ0n) is 12.4. The van der Waals surface area contributed by atoms with Crippen LogP contribution in [0.25, 0.3) is 21.7 Å². The Morgan fingerprint density at radius 1 is 1.09 bits per heavy atom. The minimum absolute atomic E-state index is 0.279. The summed E-state index contributed by atoms with van der Waals surface area (Å²) in [4.78, 5) is 6.64. The zero-order valence-corrected chi connectivity index (χ0v) is 13.2. The Kier molecular flexibility index (Phi) is 3.66. The standard InChI is InChI=1S/C18H15N3S/c1-11-3-6-13(7-4-11)16-9-14(15(10-19)18(20)21-16)17-8-5-12(2)22-17/h3-9H,1-2H3,(H2,20,21). The van der Waals surface area contributed by atoms with E-state index in [1.807, 2.05) is 56.3 Å². The summed E-state index contributed by atoms with van der Waals surface area (Å²) in [6.45, 7) is 4.09. The van der Waals surface area contributed by atoms with Crippen LogP contribution in [0.4, 0.5) is 5.82 Å². The average Bonchev–Trinajstić information content (AvgIpc) is 2.93. The molecule has 2 heterocycles. The Morgan fingerprint density at radius 3 is 2.41 bits per heavy atom. The first-order valence-electron chi connectivity index (χ1n) is 6.93. The van der Waals surface area contributed by atoms with Crippen molar-refractivity contribution in [3.8, 4) is 27.8 Å². The van der Waals surface area contributed by atoms with E-state index >= 15 is 0 Å². The fourth-order valence-electron chi connectivity index (χ4n) is 2.33. The maximum absolute atomic E-state index is 9.40. The van der Waals surface area contributed by atoms with E-state index in [0.717, 1.165) is 21.7 Å². The number of nitrogens with zero attached hydrogens (tertiary/aromatic N) is 2. The molecule has 1 aromatic carbocycles. The first-order valence-corrected chi connectivity index (χ1v) is 7.74. The lowest BCUT2D eigenvalue weighted by molar-refractivity contribution is 1.31. The van der Waals surface area contributed by atoms with Gasteiger partial charge in [0.2, 0.25) is 0 Å². The molecular weight excluding hydrogens is 290 g/mol. The van der Waals surface area contributed by atoms with Crippen LogP contribution in [-0.4, -0.2) is 4.98 Å². The number of anilines is 1. The topological polar surface area (TPSA) is 62.7 Å². The molecule has 0 spiro atoms. The lowest BCUT2D eigenvalue weighted by Gasteiger charge is -2.09. The van der Waals surface area contributed by atoms with Crippen LogP contribution < -0.4 is 5.73 Å². The van der Waals surface area contributed by atoms with Gasteiger partial charge in [0.25, 0.3) is 0 Å². The van der Waals surface area contributed by atoms with Crippen molar-refractivity contribution in [1.29, 1.82) is 5.26 Å². The van der Waals surface area contributed by atoms with Gasteiger partial charge in [0, 0.05) is 20.9 Å². The largest absolute Gasteiger partial charge is 0.383 e. The van der Waals surface area contributed by atoms with Crippen LogP contribution in [0.2, 0.25) is 0 Å². The van der Waals surface area contributed by atoms with Gasteiger partial charge in [-0.25, -0.2) is 4.98 Å². The predicted molar refractivity (Wildman–Crippen MR) is 91.6 cm³/mol. The van der Waals surface area contributed by atoms with Crippen molar-refractivity contribution in [3.05, 3.63) is 58.5 Å². The third kappa shape index (κ3) is 2.59. The van der Waals surface area contributed by atoms with Crippen molar-refractivity contribution in [2.24, 2.45) is 0 Å². The van der Waals surface area contributed by atoms with Gasteiger partial charge in [0.05, 0.1) is 5.69 Å². The Labute approximate surface area is 133 Å². The molecule has 0 amide bonds. The fourth-order valence-corrected chi connectivity index (χ4v) is 3.22. The molecule has 4 heteroatoms. The Hall–Kier alpha value is -2.64. The van der Waals surface area contributed by atoms with E-state index in [2.05, 4.69) is 11.1 Å². The van der Waals surface area contributed by atoms with Crippen molar-refractivity contribution in [2.75, 3.05) is 5.73 Å². The highest BCUT2D eigenvalue weighted by Gasteiger charge is 2.14. The Bertz CT molecular complexity index is 870. The van der Waals surface area contributed by atoms with E-state index < -0.39 is 0 Å². The number of aryl methyl sites for hydroxylation is 2. The van der Waals surface area contributed by atoms with E-state index in [4.69, 9.17) is 5.73 Å². The molecule has 0 radical (unpaired) electrons. The van der Waals surface area contributed by atoms with Gasteiger partial charge in [0.15, 0.2) is 0 Å². The van der Waals surface area contributed by atoms with Gasteiger partial charge in [-0.15, -0.1) is 11.3 Å². The molecule has 0 saturated heterocycles. The highest BCUT2D eigenvalue weighted by molar-refractivity contribution is 7.15. The molecule has 2 N–H and O–H groups in total. The number of nitrogens with two attached hydrogens (primary N) is 1. The molecule has 0 aliphatic rings. The monoisotopic (exact) mass is 305 g/mol. The maximum atomic E-state index is 9.40. The van der Waals surface area contributed by atoms with Gasteiger partial charge in [-0.05, 0) is 32.0 Å². The summed E-state index contributed by atoms with van der Waals surface area (Å²) >= 11 is 1.65. The van der Waals surface area contributed by atoms with Crippen LogP contribution in [0.3, 0.4) is 0 Å². The van der Waals surface area contributed by atoms with Crippen LogP contribution in [-0.2, 0) is 0 Å². The van der Waals surface area contributed by atoms with Gasteiger partial charge >= 0.3 is 0 Å². The smallest absolute Gasteiger partial charge is 0.142 e. The number of nitrogen functional groups attached to an aromatic ring is 1. The summed E-state index contributed by atoms with van der Waals surface area (Å²) < 4.78 is 0. The SMILES string of the molecule is Cc1ccc(-c2cc(-c3ccc(C)s3)c(C#N)c(N)n2)cc1. The fraction of sp³-hybridized carbons (Fsp3) is 0.111. The van der Waals surface area contributed by atoms with Crippen molar-refractivity contribution < 1.29 is 0 Å². The molecule has 0 unspecified atom stereocenters. The summed E-state index contributed by atoms with van der Waals surface area (Å²) in [6.07, 6.45) is 0. The van der Waals surface area contributed by atoms with Gasteiger partial charge in [-0.2, -0.15) is 5.26 Å². The van der Waals surface area contributed by atoms with Crippen molar-refractivity contribution >= 4 is 17.2 Å². The molecule has 108 valence electrons. The van der Waals surface area contributed by atoms with Crippen LogP contribution in [0.5, 0.6) is 0 Å². The Morgan fingerprint density at radius 2 is 1.82 bits per heavy atom. The maximum Gasteiger partial charge on any atom is 0.142 e. The second-order valence-electron chi connectivity index (χ2n) is 5.20. The molecule has 3 rings (SSSR count). The molecule has 0 fully saturated rings. The quantitative estimate of drug-likeness (QED) is 0.755. The summed E-state index contributed by atoms with van der Waals surface area (Å²) in [5.41, 5.74) is 10.3. The Balaban J connectivity index is 2.20. The second kappa shape index (κ2) is 5.63. The number of hydrogen-bond donors (Lipinski definition) is 1. The lowest BCUT2D eigenvalue weighted by Crippen LogP contribution is -1.99. The van der Waals surface area contributed by atoms with Gasteiger partial charge in [0.1, 0.15) is 17.5 Å². The van der Waals surface area contributed by atoms with Crippen LogP contribution in [0, 0.1) is 25.2 Å². The highest BCUT2D eigenvalue weighted by Crippen LogP contribution is 2.35. The molecule has 0 saturated carbocycles. The van der Waals surface area contributed by atoms with E-state index in [0.29, 0.717) is 5.56 Å². The summed E-state index contributed by atoms with van der Waals surface area (Å²) in [5, 5.41) is 9.40. The van der Waals surface area contributed by atoms with Gasteiger partial charge in [-0.1, -0.05) is 29.8 Å². The molecule has 2 aromatic heterocycles. The number of rotatable bonds is 2. The van der Waals surface area contributed by atoms with Crippen LogP contribution in [0.15, 0.2) is 42.5 Å². The summed E-state index contributed by atoms with van der Waals surface area (Å²) in [6, 6.07) is 16.3. The first kappa shape index (κ1) is 14.3. The van der Waals surface area contributed by atoms with Crippen LogP contribution in [0.1, 0.15) is 16.0 Å². The number of hydrogen-bond acceptors (Lipinski definition) is 4. The van der Waals surface area contributed by atoms with Crippen molar-refractivity contribution in [1.82, 2.24) is 4.98 Å². The first-order chi connectivity index (χ1) is 10.6. The second-order valence-corrected chi connectivity index (χ2v) is 6.49. The summed E-state index contributed by atoms with van der Waals surface area (Å²) in [7, 11) is 0. The number of thiophene rings is 1. The van der Waals surface area contributed by atoms with E-state index in [1.54, 1.807) is 11.3 Å². The van der Waals surface area contributed by atoms with Gasteiger partial charge < -0.3 is 5.73 Å². The van der Waals surface area contributed by atoms with E-state index in [1.165, 1.54) is 10.4 Å². The average molecular weight is 305 g/mol. The normalized spacial score (nSPS) is 10.4. The van der Waals surface area contributed by atoms with Crippen molar-refractivity contribution in [2.45, 2.75) is 13.8 Å². The number of nitriles is 1. The minimum Gasteiger partial charge on any atom is -0.383 e. The third-order valence-corrected chi connectivity index (χ3v) is 4.55. The summed E-state index contributed by atoms with van der Waals surface area (Å²) in [5.74, 6) is 0.279. The lowest BCUT2D eigenvalue weighted by atomic mass is 10.0. The zero-order chi connectivity index (χ0) is 15.7. The number of aromatic nitrogens is 1. The highest BCUT2D eigenvalue weighted by atomic mass is 32.1. The third-order valence-electron chi connectivity index (χ3n) is 3.51. The molecule has 0 aliphatic carbocycles. The van der Waals surface area contributed by atoms with Gasteiger partial charge in [-0.3, -0.25) is 0 Å². The molecular formula is C18H15N3S. The van der Waals surface area contributed by atoms with Crippen LogP contribution >= 0.6 is 11.3 Å². The molecule has 0 bridgehead atoms. The molecule has 0 atom stereocenters. The minimum atomic E-state index is 0.279. The molecule has 22 heavy (non-hydrogen) atoms. The van der Waals surface area contributed by atoms with Crippen molar-refractivity contribution in [3.63, 3.8) is 0 Å².